The molecule has 2 amide bonds. The van der Waals surface area contributed by atoms with Crippen LogP contribution in [0.1, 0.15) is 25.6 Å². The number of anilines is 2. The van der Waals surface area contributed by atoms with Crippen molar-refractivity contribution in [2.45, 2.75) is 6.92 Å². The minimum Gasteiger partial charge on any atom is -0.454 e. The number of halogens is 1. The van der Waals surface area contributed by atoms with Crippen LogP contribution in [-0.2, 0) is 0 Å². The Morgan fingerprint density at radius 1 is 1.11 bits per heavy atom. The Balaban J connectivity index is 1.67. The van der Waals surface area contributed by atoms with Crippen LogP contribution in [0.25, 0.3) is 0 Å². The van der Waals surface area contributed by atoms with E-state index in [1.54, 1.807) is 42.3 Å². The van der Waals surface area contributed by atoms with Crippen LogP contribution in [0.4, 0.5) is 11.4 Å². The zero-order valence-electron chi connectivity index (χ0n) is 14.6. The average molecular weight is 399 g/mol. The van der Waals surface area contributed by atoms with Gasteiger partial charge in [0.15, 0.2) is 5.75 Å². The molecule has 0 aliphatic carbocycles. The van der Waals surface area contributed by atoms with Crippen LogP contribution < -0.4 is 15.0 Å². The van der Waals surface area contributed by atoms with Gasteiger partial charge in [-0.1, -0.05) is 17.7 Å². The van der Waals surface area contributed by atoms with Crippen LogP contribution in [-0.4, -0.2) is 18.9 Å². The van der Waals surface area contributed by atoms with Crippen LogP contribution >= 0.6 is 22.9 Å². The lowest BCUT2D eigenvalue weighted by Crippen LogP contribution is -2.25. The Kier molecular flexibility index (Phi) is 4.37. The summed E-state index contributed by atoms with van der Waals surface area (Å²) in [6, 6.07) is 14.0. The van der Waals surface area contributed by atoms with E-state index in [0.29, 0.717) is 37.7 Å². The molecule has 7 heteroatoms. The molecule has 1 aliphatic heterocycles. The Hall–Kier alpha value is -2.83. The molecule has 5 nitrogen and oxygen atoms in total. The molecule has 0 radical (unpaired) electrons. The van der Waals surface area contributed by atoms with Crippen molar-refractivity contribution in [3.8, 4) is 11.5 Å². The van der Waals surface area contributed by atoms with Crippen LogP contribution in [0.5, 0.6) is 11.5 Å². The van der Waals surface area contributed by atoms with E-state index in [1.165, 1.54) is 11.3 Å². The van der Waals surface area contributed by atoms with Crippen molar-refractivity contribution in [1.82, 2.24) is 0 Å². The van der Waals surface area contributed by atoms with Gasteiger partial charge < -0.3 is 15.0 Å². The minimum absolute atomic E-state index is 0.204. The highest BCUT2D eigenvalue weighted by Gasteiger charge is 2.26. The number of ether oxygens (including phenoxy) is 1. The first kappa shape index (κ1) is 17.6. The number of carbonyl (C=O) groups excluding carboxylic acids is 2. The molecule has 3 aromatic rings. The molecule has 0 saturated heterocycles. The van der Waals surface area contributed by atoms with Crippen LogP contribution in [0.2, 0.25) is 4.34 Å². The third-order valence-corrected chi connectivity index (χ3v) is 5.50. The van der Waals surface area contributed by atoms with Gasteiger partial charge in [-0.25, -0.2) is 0 Å². The molecule has 1 aromatic heterocycles. The van der Waals surface area contributed by atoms with Gasteiger partial charge in [0.2, 0.25) is 0 Å². The minimum atomic E-state index is -0.277. The van der Waals surface area contributed by atoms with Crippen LogP contribution in [0, 0.1) is 6.92 Å². The number of aryl methyl sites for hydroxylation is 1. The topological polar surface area (TPSA) is 58.6 Å². The van der Waals surface area contributed by atoms with Gasteiger partial charge >= 0.3 is 0 Å². The highest BCUT2D eigenvalue weighted by molar-refractivity contribution is 7.18. The molecule has 1 N–H and O–H groups in total. The van der Waals surface area contributed by atoms with E-state index >= 15 is 0 Å². The van der Waals surface area contributed by atoms with E-state index in [2.05, 4.69) is 5.32 Å². The summed E-state index contributed by atoms with van der Waals surface area (Å²) >= 11 is 7.08. The predicted octanol–water partition coefficient (Wildman–Crippen LogP) is 5.34. The molecule has 27 heavy (non-hydrogen) atoms. The lowest BCUT2D eigenvalue weighted by molar-refractivity contribution is 0.0990. The number of benzene rings is 2. The standard InChI is InChI=1S/C20H15ClN2O3S/c1-11-3-5-16-14(9-11)23(2)20(25)13-10-12(4-6-15(13)26-16)22-19(24)17-7-8-18(21)27-17/h3-10H,1-2H3,(H,22,24). The maximum Gasteiger partial charge on any atom is 0.265 e. The van der Waals surface area contributed by atoms with Crippen molar-refractivity contribution in [2.24, 2.45) is 0 Å². The Morgan fingerprint density at radius 2 is 1.89 bits per heavy atom. The second-order valence-electron chi connectivity index (χ2n) is 6.21. The molecule has 0 spiro atoms. The number of fused-ring (bicyclic) bond motifs is 2. The quantitative estimate of drug-likeness (QED) is 0.633. The summed E-state index contributed by atoms with van der Waals surface area (Å²) in [5.41, 5.74) is 2.63. The summed E-state index contributed by atoms with van der Waals surface area (Å²) in [6.07, 6.45) is 0. The van der Waals surface area contributed by atoms with Gasteiger partial charge in [0.05, 0.1) is 20.5 Å². The van der Waals surface area contributed by atoms with Crippen molar-refractivity contribution >= 4 is 46.1 Å². The van der Waals surface area contributed by atoms with Gasteiger partial charge in [0.25, 0.3) is 11.8 Å². The fraction of sp³-hybridized carbons (Fsp3) is 0.100. The molecule has 136 valence electrons. The van der Waals surface area contributed by atoms with Gasteiger partial charge in [0, 0.05) is 12.7 Å². The number of nitrogens with one attached hydrogen (secondary N) is 1. The summed E-state index contributed by atoms with van der Waals surface area (Å²) in [7, 11) is 1.71. The summed E-state index contributed by atoms with van der Waals surface area (Å²) in [4.78, 5) is 27.3. The van der Waals surface area contributed by atoms with E-state index < -0.39 is 0 Å². The van der Waals surface area contributed by atoms with Crippen LogP contribution in [0.15, 0.2) is 48.5 Å². The first-order valence-corrected chi connectivity index (χ1v) is 9.39. The molecule has 0 unspecified atom stereocenters. The largest absolute Gasteiger partial charge is 0.454 e. The van der Waals surface area contributed by atoms with E-state index in [9.17, 15) is 9.59 Å². The first-order valence-electron chi connectivity index (χ1n) is 8.19. The molecule has 0 atom stereocenters. The van der Waals surface area contributed by atoms with Crippen molar-refractivity contribution < 1.29 is 14.3 Å². The molecule has 2 aromatic carbocycles. The fourth-order valence-corrected chi connectivity index (χ4v) is 3.82. The normalized spacial score (nSPS) is 12.7. The summed E-state index contributed by atoms with van der Waals surface area (Å²) in [5.74, 6) is 0.581. The number of nitrogens with zero attached hydrogens (tertiary/aromatic N) is 1. The Bertz CT molecular complexity index is 1080. The van der Waals surface area contributed by atoms with Crippen molar-refractivity contribution in [2.75, 3.05) is 17.3 Å². The number of hydrogen-bond acceptors (Lipinski definition) is 4. The van der Waals surface area contributed by atoms with Gasteiger partial charge in [-0.05, 0) is 55.0 Å². The van der Waals surface area contributed by atoms with Crippen molar-refractivity contribution in [3.05, 3.63) is 68.9 Å². The number of hydrogen-bond donors (Lipinski definition) is 1. The monoisotopic (exact) mass is 398 g/mol. The third kappa shape index (κ3) is 3.29. The second-order valence-corrected chi connectivity index (χ2v) is 7.92. The maximum absolute atomic E-state index is 12.9. The van der Waals surface area contributed by atoms with Gasteiger partial charge in [-0.15, -0.1) is 11.3 Å². The number of amides is 2. The molecule has 0 fully saturated rings. The number of thiophene rings is 1. The number of rotatable bonds is 2. The van der Waals surface area contributed by atoms with Crippen LogP contribution in [0.3, 0.4) is 0 Å². The van der Waals surface area contributed by atoms with Crippen molar-refractivity contribution in [3.63, 3.8) is 0 Å². The molecule has 2 heterocycles. The average Bonchev–Trinajstić information content (AvgIpc) is 3.06. The van der Waals surface area contributed by atoms with Crippen molar-refractivity contribution in [1.29, 1.82) is 0 Å². The van der Waals surface area contributed by atoms with E-state index in [1.807, 2.05) is 25.1 Å². The second kappa shape index (κ2) is 6.72. The van der Waals surface area contributed by atoms with Gasteiger partial charge in [0.1, 0.15) is 5.75 Å². The van der Waals surface area contributed by atoms with E-state index in [4.69, 9.17) is 16.3 Å². The zero-order chi connectivity index (χ0) is 19.1. The summed E-state index contributed by atoms with van der Waals surface area (Å²) < 4.78 is 6.50. The highest BCUT2D eigenvalue weighted by Crippen LogP contribution is 2.39. The predicted molar refractivity (Wildman–Crippen MR) is 108 cm³/mol. The number of carbonyl (C=O) groups is 2. The fourth-order valence-electron chi connectivity index (χ4n) is 2.88. The molecule has 0 saturated carbocycles. The van der Waals surface area contributed by atoms with Gasteiger partial charge in [-0.3, -0.25) is 9.59 Å². The maximum atomic E-state index is 12.9. The highest BCUT2D eigenvalue weighted by atomic mass is 35.5. The van der Waals surface area contributed by atoms with E-state index in [-0.39, 0.29) is 11.8 Å². The van der Waals surface area contributed by atoms with E-state index in [0.717, 1.165) is 5.56 Å². The third-order valence-electron chi connectivity index (χ3n) is 4.27. The van der Waals surface area contributed by atoms with Gasteiger partial charge in [-0.2, -0.15) is 0 Å². The molecule has 0 bridgehead atoms. The Morgan fingerprint density at radius 3 is 2.63 bits per heavy atom. The molecule has 1 aliphatic rings. The SMILES string of the molecule is Cc1ccc2c(c1)N(C)C(=O)c1cc(NC(=O)c3ccc(Cl)s3)ccc1O2. The smallest absolute Gasteiger partial charge is 0.265 e. The summed E-state index contributed by atoms with van der Waals surface area (Å²) in [6.45, 7) is 1.96. The lowest BCUT2D eigenvalue weighted by Gasteiger charge is -2.16. The molecule has 4 rings (SSSR count). The summed E-state index contributed by atoms with van der Waals surface area (Å²) in [5, 5.41) is 2.79. The zero-order valence-corrected chi connectivity index (χ0v) is 16.1. The Labute approximate surface area is 165 Å². The lowest BCUT2D eigenvalue weighted by atomic mass is 10.1. The molecular weight excluding hydrogens is 384 g/mol. The first-order chi connectivity index (χ1) is 12.9. The molecular formula is C20H15ClN2O3S.